The fourth-order valence-corrected chi connectivity index (χ4v) is 3.73. The quantitative estimate of drug-likeness (QED) is 0.640. The second-order valence-electron chi connectivity index (χ2n) is 6.36. The van der Waals surface area contributed by atoms with Gasteiger partial charge < -0.3 is 9.30 Å². The number of amides is 1. The molecule has 2 aromatic carbocycles. The van der Waals surface area contributed by atoms with Gasteiger partial charge in [0.1, 0.15) is 12.4 Å². The van der Waals surface area contributed by atoms with Crippen LogP contribution in [0.2, 0.25) is 0 Å². The molecule has 0 radical (unpaired) electrons. The Bertz CT molecular complexity index is 1080. The molecule has 0 spiro atoms. The molecule has 0 aliphatic rings. The summed E-state index contributed by atoms with van der Waals surface area (Å²) in [7, 11) is 1.31. The average Bonchev–Trinajstić information content (AvgIpc) is 2.97. The van der Waals surface area contributed by atoms with E-state index in [1.165, 1.54) is 36.6 Å². The van der Waals surface area contributed by atoms with E-state index in [4.69, 9.17) is 4.74 Å². The SMILES string of the molecule is COC(=O)Cn1c(=NC(=O)c2cccc(F)c2)sc2cc(C(C)C)ccc21. The maximum atomic E-state index is 13.4. The number of halogens is 1. The zero-order valence-electron chi connectivity index (χ0n) is 15.2. The van der Waals surface area contributed by atoms with Crippen molar-refractivity contribution < 1.29 is 18.7 Å². The standard InChI is InChI=1S/C20H19FN2O3S/c1-12(2)13-7-8-16-17(10-13)27-20(23(16)11-18(24)26-3)22-19(25)14-5-4-6-15(21)9-14/h4-10,12H,11H2,1-3H3. The monoisotopic (exact) mass is 386 g/mol. The molecule has 140 valence electrons. The third-order valence-corrected chi connectivity index (χ3v) is 5.20. The van der Waals surface area contributed by atoms with Crippen LogP contribution in [-0.2, 0) is 16.1 Å². The topological polar surface area (TPSA) is 60.7 Å². The molecule has 1 heterocycles. The highest BCUT2D eigenvalue weighted by atomic mass is 32.1. The van der Waals surface area contributed by atoms with Gasteiger partial charge in [0.15, 0.2) is 4.80 Å². The lowest BCUT2D eigenvalue weighted by Crippen LogP contribution is -2.22. The van der Waals surface area contributed by atoms with Crippen LogP contribution in [-0.4, -0.2) is 23.6 Å². The van der Waals surface area contributed by atoms with E-state index in [0.717, 1.165) is 21.8 Å². The molecule has 0 atom stereocenters. The molecule has 0 saturated heterocycles. The van der Waals surface area contributed by atoms with Crippen molar-refractivity contribution in [3.63, 3.8) is 0 Å². The largest absolute Gasteiger partial charge is 0.468 e. The van der Waals surface area contributed by atoms with Gasteiger partial charge in [0.05, 0.1) is 17.3 Å². The highest BCUT2D eigenvalue weighted by molar-refractivity contribution is 7.16. The van der Waals surface area contributed by atoms with Crippen LogP contribution in [0.5, 0.6) is 0 Å². The Morgan fingerprint density at radius 3 is 2.67 bits per heavy atom. The summed E-state index contributed by atoms with van der Waals surface area (Å²) in [4.78, 5) is 28.8. The van der Waals surface area contributed by atoms with Gasteiger partial charge in [-0.1, -0.05) is 37.3 Å². The number of nitrogens with zero attached hydrogens (tertiary/aromatic N) is 2. The minimum absolute atomic E-state index is 0.0627. The van der Waals surface area contributed by atoms with Crippen molar-refractivity contribution in [1.29, 1.82) is 0 Å². The number of fused-ring (bicyclic) bond motifs is 1. The molecule has 0 aliphatic carbocycles. The van der Waals surface area contributed by atoms with Crippen LogP contribution in [0.3, 0.4) is 0 Å². The first-order valence-corrected chi connectivity index (χ1v) is 9.25. The maximum Gasteiger partial charge on any atom is 0.325 e. The molecule has 0 saturated carbocycles. The van der Waals surface area contributed by atoms with Crippen LogP contribution >= 0.6 is 11.3 Å². The molecule has 27 heavy (non-hydrogen) atoms. The minimum Gasteiger partial charge on any atom is -0.468 e. The van der Waals surface area contributed by atoms with Gasteiger partial charge in [-0.2, -0.15) is 4.99 Å². The van der Waals surface area contributed by atoms with Gasteiger partial charge in [0, 0.05) is 5.56 Å². The van der Waals surface area contributed by atoms with E-state index in [1.54, 1.807) is 4.57 Å². The lowest BCUT2D eigenvalue weighted by atomic mass is 10.0. The summed E-state index contributed by atoms with van der Waals surface area (Å²) in [5.41, 5.74) is 2.09. The van der Waals surface area contributed by atoms with Gasteiger partial charge in [-0.05, 0) is 41.8 Å². The number of aromatic nitrogens is 1. The summed E-state index contributed by atoms with van der Waals surface area (Å²) in [6, 6.07) is 11.3. The zero-order chi connectivity index (χ0) is 19.6. The predicted octanol–water partition coefficient (Wildman–Crippen LogP) is 3.88. The van der Waals surface area contributed by atoms with Gasteiger partial charge in [-0.15, -0.1) is 0 Å². The third-order valence-electron chi connectivity index (χ3n) is 4.16. The maximum absolute atomic E-state index is 13.4. The second-order valence-corrected chi connectivity index (χ2v) is 7.37. The first-order chi connectivity index (χ1) is 12.9. The van der Waals surface area contributed by atoms with Gasteiger partial charge >= 0.3 is 5.97 Å². The molecular weight excluding hydrogens is 367 g/mol. The fraction of sp³-hybridized carbons (Fsp3) is 0.250. The Kier molecular flexibility index (Phi) is 5.51. The molecule has 5 nitrogen and oxygen atoms in total. The second kappa shape index (κ2) is 7.84. The van der Waals surface area contributed by atoms with Crippen molar-refractivity contribution in [3.8, 4) is 0 Å². The van der Waals surface area contributed by atoms with Crippen LogP contribution in [0.15, 0.2) is 47.5 Å². The Labute approximate surface area is 159 Å². The molecule has 0 N–H and O–H groups in total. The van der Waals surface area contributed by atoms with E-state index < -0.39 is 17.7 Å². The Morgan fingerprint density at radius 1 is 1.22 bits per heavy atom. The van der Waals surface area contributed by atoms with Gasteiger partial charge in [0.2, 0.25) is 0 Å². The van der Waals surface area contributed by atoms with Crippen molar-refractivity contribution in [1.82, 2.24) is 4.57 Å². The van der Waals surface area contributed by atoms with Crippen LogP contribution in [0, 0.1) is 5.82 Å². The number of hydrogen-bond acceptors (Lipinski definition) is 4. The first kappa shape index (κ1) is 19.0. The average molecular weight is 386 g/mol. The minimum atomic E-state index is -0.566. The number of hydrogen-bond donors (Lipinski definition) is 0. The molecule has 1 aromatic heterocycles. The summed E-state index contributed by atoms with van der Waals surface area (Å²) in [5, 5.41) is 0. The number of esters is 1. The smallest absolute Gasteiger partial charge is 0.325 e. The summed E-state index contributed by atoms with van der Waals surface area (Å²) >= 11 is 1.31. The number of carbonyl (C=O) groups is 2. The van der Waals surface area contributed by atoms with Gasteiger partial charge in [-0.25, -0.2) is 4.39 Å². The third kappa shape index (κ3) is 4.14. The molecular formula is C20H19FN2O3S. The molecule has 1 amide bonds. The Balaban J connectivity index is 2.15. The normalized spacial score (nSPS) is 12.0. The summed E-state index contributed by atoms with van der Waals surface area (Å²) in [6.45, 7) is 4.12. The van der Waals surface area contributed by atoms with Crippen molar-refractivity contribution in [3.05, 3.63) is 64.2 Å². The van der Waals surface area contributed by atoms with E-state index in [9.17, 15) is 14.0 Å². The van der Waals surface area contributed by atoms with E-state index in [0.29, 0.717) is 10.7 Å². The lowest BCUT2D eigenvalue weighted by molar-refractivity contribution is -0.141. The summed E-state index contributed by atoms with van der Waals surface area (Å²) in [6.07, 6.45) is 0. The van der Waals surface area contributed by atoms with Gasteiger partial charge in [-0.3, -0.25) is 9.59 Å². The molecule has 3 aromatic rings. The first-order valence-electron chi connectivity index (χ1n) is 8.43. The summed E-state index contributed by atoms with van der Waals surface area (Å²) < 4.78 is 20.7. The van der Waals surface area contributed by atoms with Crippen LogP contribution in [0.4, 0.5) is 4.39 Å². The molecule has 7 heteroatoms. The fourth-order valence-electron chi connectivity index (χ4n) is 2.65. The van der Waals surface area contributed by atoms with E-state index >= 15 is 0 Å². The highest BCUT2D eigenvalue weighted by Crippen LogP contribution is 2.23. The number of rotatable bonds is 4. The van der Waals surface area contributed by atoms with Crippen molar-refractivity contribution >= 4 is 33.4 Å². The number of ether oxygens (including phenoxy) is 1. The lowest BCUT2D eigenvalue weighted by Gasteiger charge is -2.06. The Morgan fingerprint density at radius 2 is 2.00 bits per heavy atom. The van der Waals surface area contributed by atoms with E-state index in [-0.39, 0.29) is 12.1 Å². The molecule has 0 bridgehead atoms. The van der Waals surface area contributed by atoms with Crippen molar-refractivity contribution in [2.24, 2.45) is 4.99 Å². The van der Waals surface area contributed by atoms with Gasteiger partial charge in [0.25, 0.3) is 5.91 Å². The molecule has 0 unspecified atom stereocenters. The van der Waals surface area contributed by atoms with Crippen LogP contribution in [0.25, 0.3) is 10.2 Å². The van der Waals surface area contributed by atoms with Crippen LogP contribution < -0.4 is 4.80 Å². The van der Waals surface area contributed by atoms with Crippen molar-refractivity contribution in [2.45, 2.75) is 26.3 Å². The van der Waals surface area contributed by atoms with E-state index in [1.807, 2.05) is 18.2 Å². The number of benzene rings is 2. The number of thiazole rings is 1. The predicted molar refractivity (Wildman–Crippen MR) is 102 cm³/mol. The molecule has 3 rings (SSSR count). The number of methoxy groups -OCH3 is 1. The molecule has 0 fully saturated rings. The highest BCUT2D eigenvalue weighted by Gasteiger charge is 2.14. The summed E-state index contributed by atoms with van der Waals surface area (Å²) in [5.74, 6) is -1.16. The molecule has 0 aliphatic heterocycles. The van der Waals surface area contributed by atoms with Crippen molar-refractivity contribution in [2.75, 3.05) is 7.11 Å². The zero-order valence-corrected chi connectivity index (χ0v) is 16.0. The Hall–Kier alpha value is -2.80. The van der Waals surface area contributed by atoms with E-state index in [2.05, 4.69) is 18.8 Å². The van der Waals surface area contributed by atoms with Crippen LogP contribution in [0.1, 0.15) is 35.7 Å². The number of carbonyl (C=O) groups excluding carboxylic acids is 2.